The largest absolute Gasteiger partial charge is 0.493 e. The van der Waals surface area contributed by atoms with Crippen LogP contribution in [0, 0.1) is 13.8 Å². The summed E-state index contributed by atoms with van der Waals surface area (Å²) in [7, 11) is 0. The second-order valence-corrected chi connectivity index (χ2v) is 6.32. The summed E-state index contributed by atoms with van der Waals surface area (Å²) in [6.07, 6.45) is 2.24. The minimum absolute atomic E-state index is 0.241. The minimum Gasteiger partial charge on any atom is -0.493 e. The number of nitrogens with zero attached hydrogens (tertiary/aromatic N) is 1. The van der Waals surface area contributed by atoms with Crippen molar-refractivity contribution >= 4 is 23.7 Å². The van der Waals surface area contributed by atoms with Crippen molar-refractivity contribution in [3.63, 3.8) is 0 Å². The molecule has 5 nitrogen and oxygen atoms in total. The Bertz CT molecular complexity index is 770. The number of amides is 1. The molecule has 0 aliphatic carbocycles. The van der Waals surface area contributed by atoms with Crippen LogP contribution in [0.15, 0.2) is 41.5 Å². The van der Waals surface area contributed by atoms with Gasteiger partial charge in [0.25, 0.3) is 0 Å². The van der Waals surface area contributed by atoms with Gasteiger partial charge in [-0.25, -0.2) is 5.43 Å². The molecule has 6 heteroatoms. The summed E-state index contributed by atoms with van der Waals surface area (Å²) in [5, 5.41) is 4.43. The molecule has 2 aromatic carbocycles. The molecule has 0 aromatic heterocycles. The molecule has 0 fully saturated rings. The zero-order valence-electron chi connectivity index (χ0n) is 15.2. The molecule has 0 atom stereocenters. The minimum atomic E-state index is -0.241. The second kappa shape index (κ2) is 9.82. The van der Waals surface area contributed by atoms with Crippen LogP contribution in [0.3, 0.4) is 0 Å². The Morgan fingerprint density at radius 3 is 2.54 bits per heavy atom. The van der Waals surface area contributed by atoms with Crippen LogP contribution in [-0.4, -0.2) is 25.3 Å². The van der Waals surface area contributed by atoms with Gasteiger partial charge >= 0.3 is 0 Å². The summed E-state index contributed by atoms with van der Waals surface area (Å²) in [6, 6.07) is 11.4. The lowest BCUT2D eigenvalue weighted by molar-refractivity contribution is -0.118. The number of aryl methyl sites for hydroxylation is 2. The zero-order valence-corrected chi connectivity index (χ0v) is 16.0. The summed E-state index contributed by atoms with van der Waals surface area (Å²) in [5.41, 5.74) is 5.30. The molecule has 0 bridgehead atoms. The van der Waals surface area contributed by atoms with Gasteiger partial charge in [0, 0.05) is 23.9 Å². The average molecular weight is 375 g/mol. The molecule has 2 aromatic rings. The van der Waals surface area contributed by atoms with Gasteiger partial charge in [0.1, 0.15) is 11.5 Å². The first-order valence-electron chi connectivity index (χ1n) is 8.38. The number of rotatable bonds is 8. The summed E-state index contributed by atoms with van der Waals surface area (Å²) in [6.45, 7) is 6.52. The van der Waals surface area contributed by atoms with E-state index in [9.17, 15) is 4.79 Å². The molecular weight excluding hydrogens is 352 g/mol. The Kier molecular flexibility index (Phi) is 7.48. The lowest BCUT2D eigenvalue weighted by Crippen LogP contribution is -2.12. The van der Waals surface area contributed by atoms with E-state index in [1.165, 1.54) is 13.1 Å². The standard InChI is InChI=1S/C20H23ClN2O3/c1-14-6-4-7-15(2)20(14)26-11-5-10-25-19-9-8-18(21)12-17(19)13-22-23-16(3)24/h4,6-9,12-13H,5,10-11H2,1-3H3,(H,23,24)/b22-13-. The van der Waals surface area contributed by atoms with E-state index in [0.717, 1.165) is 23.3 Å². The molecule has 0 unspecified atom stereocenters. The normalized spacial score (nSPS) is 10.8. The molecule has 0 heterocycles. The van der Waals surface area contributed by atoms with Gasteiger partial charge in [-0.2, -0.15) is 5.10 Å². The number of hydrogen-bond acceptors (Lipinski definition) is 4. The fraction of sp³-hybridized carbons (Fsp3) is 0.300. The summed E-state index contributed by atoms with van der Waals surface area (Å²) in [5.74, 6) is 1.34. The van der Waals surface area contributed by atoms with Gasteiger partial charge in [0.15, 0.2) is 0 Å². The third-order valence-corrected chi connectivity index (χ3v) is 3.83. The molecule has 0 aliphatic heterocycles. The van der Waals surface area contributed by atoms with Crippen molar-refractivity contribution in [3.05, 3.63) is 58.1 Å². The number of halogens is 1. The number of ether oxygens (including phenoxy) is 2. The molecular formula is C20H23ClN2O3. The summed E-state index contributed by atoms with van der Waals surface area (Å²) in [4.78, 5) is 10.9. The lowest BCUT2D eigenvalue weighted by Gasteiger charge is -2.13. The third-order valence-electron chi connectivity index (χ3n) is 3.60. The van der Waals surface area contributed by atoms with E-state index in [1.54, 1.807) is 18.2 Å². The lowest BCUT2D eigenvalue weighted by atomic mass is 10.1. The van der Waals surface area contributed by atoms with E-state index in [4.69, 9.17) is 21.1 Å². The van der Waals surface area contributed by atoms with Gasteiger partial charge in [-0.3, -0.25) is 4.79 Å². The van der Waals surface area contributed by atoms with E-state index in [1.807, 2.05) is 32.0 Å². The molecule has 0 aliphatic rings. The van der Waals surface area contributed by atoms with Crippen molar-refractivity contribution in [2.24, 2.45) is 5.10 Å². The number of carbonyl (C=O) groups excluding carboxylic acids is 1. The SMILES string of the molecule is CC(=O)N/N=C\c1cc(Cl)ccc1OCCCOc1c(C)cccc1C. The quantitative estimate of drug-likeness (QED) is 0.426. The summed E-state index contributed by atoms with van der Waals surface area (Å²) >= 11 is 6.01. The summed E-state index contributed by atoms with van der Waals surface area (Å²) < 4.78 is 11.7. The van der Waals surface area contributed by atoms with Gasteiger partial charge in [-0.05, 0) is 43.2 Å². The number of nitrogens with one attached hydrogen (secondary N) is 1. The van der Waals surface area contributed by atoms with Crippen molar-refractivity contribution < 1.29 is 14.3 Å². The van der Waals surface area contributed by atoms with Crippen molar-refractivity contribution in [3.8, 4) is 11.5 Å². The highest BCUT2D eigenvalue weighted by Crippen LogP contribution is 2.23. The smallest absolute Gasteiger partial charge is 0.236 e. The Morgan fingerprint density at radius 1 is 1.15 bits per heavy atom. The molecule has 1 N–H and O–H groups in total. The predicted octanol–water partition coefficient (Wildman–Crippen LogP) is 4.27. The van der Waals surface area contributed by atoms with Gasteiger partial charge in [0.2, 0.25) is 5.91 Å². The Morgan fingerprint density at radius 2 is 1.85 bits per heavy atom. The van der Waals surface area contributed by atoms with Crippen LogP contribution in [-0.2, 0) is 4.79 Å². The molecule has 0 saturated heterocycles. The topological polar surface area (TPSA) is 59.9 Å². The second-order valence-electron chi connectivity index (χ2n) is 5.88. The van der Waals surface area contributed by atoms with Gasteiger partial charge in [-0.1, -0.05) is 29.8 Å². The number of benzene rings is 2. The Labute approximate surface area is 159 Å². The van der Waals surface area contributed by atoms with Crippen LogP contribution in [0.2, 0.25) is 5.02 Å². The number of carbonyl (C=O) groups is 1. The zero-order chi connectivity index (χ0) is 18.9. The fourth-order valence-electron chi connectivity index (χ4n) is 2.39. The van der Waals surface area contributed by atoms with E-state index in [2.05, 4.69) is 10.5 Å². The van der Waals surface area contributed by atoms with Crippen LogP contribution >= 0.6 is 11.6 Å². The van der Waals surface area contributed by atoms with Crippen molar-refractivity contribution in [2.75, 3.05) is 13.2 Å². The van der Waals surface area contributed by atoms with E-state index in [0.29, 0.717) is 29.5 Å². The maximum atomic E-state index is 10.9. The monoisotopic (exact) mass is 374 g/mol. The van der Waals surface area contributed by atoms with Gasteiger partial charge in [0.05, 0.1) is 19.4 Å². The van der Waals surface area contributed by atoms with Crippen LogP contribution < -0.4 is 14.9 Å². The van der Waals surface area contributed by atoms with Crippen LogP contribution in [0.5, 0.6) is 11.5 Å². The van der Waals surface area contributed by atoms with Crippen molar-refractivity contribution in [2.45, 2.75) is 27.2 Å². The first-order valence-corrected chi connectivity index (χ1v) is 8.76. The fourth-order valence-corrected chi connectivity index (χ4v) is 2.57. The van der Waals surface area contributed by atoms with E-state index >= 15 is 0 Å². The van der Waals surface area contributed by atoms with Crippen LogP contribution in [0.4, 0.5) is 0 Å². The van der Waals surface area contributed by atoms with Crippen LogP contribution in [0.25, 0.3) is 0 Å². The maximum absolute atomic E-state index is 10.9. The molecule has 2 rings (SSSR count). The first-order chi connectivity index (χ1) is 12.5. The molecule has 26 heavy (non-hydrogen) atoms. The highest BCUT2D eigenvalue weighted by molar-refractivity contribution is 6.30. The van der Waals surface area contributed by atoms with E-state index < -0.39 is 0 Å². The Balaban J connectivity index is 1.87. The maximum Gasteiger partial charge on any atom is 0.236 e. The average Bonchev–Trinajstić information content (AvgIpc) is 2.58. The van der Waals surface area contributed by atoms with Crippen molar-refractivity contribution in [1.29, 1.82) is 0 Å². The molecule has 138 valence electrons. The van der Waals surface area contributed by atoms with Crippen LogP contribution in [0.1, 0.15) is 30.0 Å². The number of hydrogen-bond donors (Lipinski definition) is 1. The molecule has 0 saturated carbocycles. The molecule has 1 amide bonds. The number of hydrazone groups is 1. The third kappa shape index (κ3) is 6.08. The Hall–Kier alpha value is -2.53. The first kappa shape index (κ1) is 19.8. The van der Waals surface area contributed by atoms with Crippen molar-refractivity contribution in [1.82, 2.24) is 5.43 Å². The number of para-hydroxylation sites is 1. The van der Waals surface area contributed by atoms with Gasteiger partial charge in [-0.15, -0.1) is 0 Å². The molecule has 0 spiro atoms. The molecule has 0 radical (unpaired) electrons. The highest BCUT2D eigenvalue weighted by atomic mass is 35.5. The highest BCUT2D eigenvalue weighted by Gasteiger charge is 2.05. The van der Waals surface area contributed by atoms with Gasteiger partial charge < -0.3 is 9.47 Å². The van der Waals surface area contributed by atoms with E-state index in [-0.39, 0.29) is 5.91 Å². The predicted molar refractivity (Wildman–Crippen MR) is 104 cm³/mol.